The number of nitrogens with one attached hydrogen (secondary N) is 1. The minimum atomic E-state index is -0.0853. The molecule has 3 aromatic carbocycles. The molecule has 0 spiro atoms. The predicted octanol–water partition coefficient (Wildman–Crippen LogP) is 5.30. The van der Waals surface area contributed by atoms with Crippen LogP contribution < -0.4 is 5.32 Å². The van der Waals surface area contributed by atoms with Crippen molar-refractivity contribution in [3.05, 3.63) is 90.0 Å². The second-order valence-electron chi connectivity index (χ2n) is 9.19. The number of oxazole rings is 1. The van der Waals surface area contributed by atoms with Crippen LogP contribution in [0.1, 0.15) is 35.7 Å². The summed E-state index contributed by atoms with van der Waals surface area (Å²) in [4.78, 5) is 32.3. The van der Waals surface area contributed by atoms with Gasteiger partial charge in [0.05, 0.1) is 0 Å². The maximum absolute atomic E-state index is 13.2. The summed E-state index contributed by atoms with van der Waals surface area (Å²) in [7, 11) is 0. The first-order valence-electron chi connectivity index (χ1n) is 12.2. The Hall–Kier alpha value is -3.93. The van der Waals surface area contributed by atoms with Gasteiger partial charge in [-0.25, -0.2) is 4.98 Å². The Morgan fingerprint density at radius 2 is 1.69 bits per heavy atom. The van der Waals surface area contributed by atoms with Crippen molar-refractivity contribution in [1.82, 2.24) is 15.2 Å². The van der Waals surface area contributed by atoms with E-state index in [0.29, 0.717) is 36.7 Å². The molecule has 0 unspecified atom stereocenters. The Balaban J connectivity index is 1.18. The van der Waals surface area contributed by atoms with Crippen molar-refractivity contribution >= 4 is 22.9 Å². The average molecular weight is 468 g/mol. The molecule has 2 heterocycles. The van der Waals surface area contributed by atoms with Crippen molar-refractivity contribution in [1.29, 1.82) is 0 Å². The largest absolute Gasteiger partial charge is 0.436 e. The monoisotopic (exact) mass is 467 g/mol. The average Bonchev–Trinajstić information content (AvgIpc) is 3.36. The molecule has 6 nitrogen and oxygen atoms in total. The number of benzene rings is 3. The zero-order valence-corrected chi connectivity index (χ0v) is 19.8. The molecule has 6 heteroatoms. The van der Waals surface area contributed by atoms with Crippen LogP contribution in [0.4, 0.5) is 0 Å². The Morgan fingerprint density at radius 3 is 2.40 bits per heavy atom. The summed E-state index contributed by atoms with van der Waals surface area (Å²) in [6.45, 7) is 3.81. The molecule has 4 aromatic rings. The van der Waals surface area contributed by atoms with Crippen LogP contribution in [0, 0.1) is 11.8 Å². The van der Waals surface area contributed by atoms with Gasteiger partial charge in [0.2, 0.25) is 11.8 Å². The predicted molar refractivity (Wildman–Crippen MR) is 136 cm³/mol. The van der Waals surface area contributed by atoms with Gasteiger partial charge in [-0.05, 0) is 54.7 Å². The molecule has 0 radical (unpaired) electrons. The lowest BCUT2D eigenvalue weighted by Crippen LogP contribution is -2.42. The first-order chi connectivity index (χ1) is 17.1. The van der Waals surface area contributed by atoms with Crippen LogP contribution >= 0.6 is 0 Å². The van der Waals surface area contributed by atoms with Crippen molar-refractivity contribution in [3.8, 4) is 11.5 Å². The van der Waals surface area contributed by atoms with Crippen LogP contribution in [0.15, 0.2) is 83.3 Å². The van der Waals surface area contributed by atoms with Crippen molar-refractivity contribution in [2.45, 2.75) is 26.3 Å². The van der Waals surface area contributed by atoms with E-state index in [-0.39, 0.29) is 23.7 Å². The minimum absolute atomic E-state index is 0.0100. The fraction of sp³-hybridized carbons (Fsp3) is 0.276. The molecule has 2 amide bonds. The van der Waals surface area contributed by atoms with Gasteiger partial charge in [-0.15, -0.1) is 0 Å². The smallest absolute Gasteiger partial charge is 0.253 e. The number of nitrogens with zero attached hydrogens (tertiary/aromatic N) is 2. The molecule has 0 aliphatic carbocycles. The molecule has 1 atom stereocenters. The van der Waals surface area contributed by atoms with Gasteiger partial charge in [0.15, 0.2) is 5.58 Å². The maximum Gasteiger partial charge on any atom is 0.253 e. The summed E-state index contributed by atoms with van der Waals surface area (Å²) in [6.07, 6.45) is 1.63. The fourth-order valence-electron chi connectivity index (χ4n) is 4.71. The number of amides is 2. The molecule has 1 N–H and O–H groups in total. The van der Waals surface area contributed by atoms with Gasteiger partial charge < -0.3 is 14.6 Å². The molecule has 1 aliphatic heterocycles. The van der Waals surface area contributed by atoms with Crippen molar-refractivity contribution < 1.29 is 14.0 Å². The van der Waals surface area contributed by atoms with Crippen LogP contribution in [0.2, 0.25) is 0 Å². The Kier molecular flexibility index (Phi) is 6.62. The number of carbonyl (C=O) groups excluding carboxylic acids is 2. The van der Waals surface area contributed by atoms with E-state index in [1.807, 2.05) is 84.6 Å². The highest BCUT2D eigenvalue weighted by molar-refractivity contribution is 5.97. The maximum atomic E-state index is 13.2. The molecule has 35 heavy (non-hydrogen) atoms. The first-order valence-corrected chi connectivity index (χ1v) is 12.2. The van der Waals surface area contributed by atoms with Crippen molar-refractivity contribution in [2.75, 3.05) is 13.1 Å². The highest BCUT2D eigenvalue weighted by atomic mass is 16.3. The summed E-state index contributed by atoms with van der Waals surface area (Å²) in [5, 5.41) is 3.05. The third-order valence-corrected chi connectivity index (χ3v) is 6.91. The fourth-order valence-corrected chi connectivity index (χ4v) is 4.71. The van der Waals surface area contributed by atoms with Crippen LogP contribution in [0.25, 0.3) is 22.6 Å². The number of aromatic nitrogens is 1. The van der Waals surface area contributed by atoms with Gasteiger partial charge in [0.1, 0.15) is 5.52 Å². The van der Waals surface area contributed by atoms with Gasteiger partial charge in [0.25, 0.3) is 5.91 Å². The molecule has 178 valence electrons. The first kappa shape index (κ1) is 22.8. The summed E-state index contributed by atoms with van der Waals surface area (Å²) >= 11 is 0. The van der Waals surface area contributed by atoms with Crippen LogP contribution in [-0.2, 0) is 11.3 Å². The van der Waals surface area contributed by atoms with Gasteiger partial charge in [-0.3, -0.25) is 9.59 Å². The van der Waals surface area contributed by atoms with Crippen LogP contribution in [0.3, 0.4) is 0 Å². The zero-order valence-electron chi connectivity index (χ0n) is 19.8. The lowest BCUT2D eigenvalue weighted by atomic mass is 9.84. The Labute approximate surface area is 205 Å². The highest BCUT2D eigenvalue weighted by Gasteiger charge is 2.30. The normalized spacial score (nSPS) is 15.2. The highest BCUT2D eigenvalue weighted by Crippen LogP contribution is 2.28. The molecule has 1 aromatic heterocycles. The van der Waals surface area contributed by atoms with E-state index >= 15 is 0 Å². The lowest BCUT2D eigenvalue weighted by Gasteiger charge is -2.34. The third-order valence-electron chi connectivity index (χ3n) is 6.91. The quantitative estimate of drug-likeness (QED) is 0.418. The molecule has 1 saturated heterocycles. The number of likely N-dealkylation sites (tertiary alicyclic amines) is 1. The number of rotatable bonds is 6. The van der Waals surface area contributed by atoms with Crippen molar-refractivity contribution in [2.24, 2.45) is 11.8 Å². The number of piperidine rings is 1. The van der Waals surface area contributed by atoms with E-state index in [4.69, 9.17) is 4.42 Å². The SMILES string of the molecule is C[C@H](C(=O)NCc1ccccc1)C1CCN(C(=O)c2ccc3nc(-c4ccccc4)oc3c2)CC1. The molecular formula is C29H29N3O3. The molecular weight excluding hydrogens is 438 g/mol. The van der Waals surface area contributed by atoms with Gasteiger partial charge in [0, 0.05) is 36.7 Å². The Bertz CT molecular complexity index is 1310. The van der Waals surface area contributed by atoms with Gasteiger partial charge in [-0.2, -0.15) is 0 Å². The van der Waals surface area contributed by atoms with E-state index in [1.165, 1.54) is 0 Å². The lowest BCUT2D eigenvalue weighted by molar-refractivity contribution is -0.126. The summed E-state index contributed by atoms with van der Waals surface area (Å²) < 4.78 is 5.94. The standard InChI is InChI=1S/C29H29N3O3/c1-20(27(33)30-19-21-8-4-2-5-9-21)22-14-16-32(17-15-22)29(34)24-12-13-25-26(18-24)35-28(31-25)23-10-6-3-7-11-23/h2-13,18,20,22H,14-17,19H2,1H3,(H,30,33)/t20-/m0/s1. The van der Waals surface area contributed by atoms with Crippen molar-refractivity contribution in [3.63, 3.8) is 0 Å². The zero-order chi connectivity index (χ0) is 24.2. The summed E-state index contributed by atoms with van der Waals surface area (Å²) in [5.74, 6) is 0.788. The third kappa shape index (κ3) is 5.11. The molecule has 0 bridgehead atoms. The minimum Gasteiger partial charge on any atom is -0.436 e. The molecule has 5 rings (SSSR count). The number of hydrogen-bond donors (Lipinski definition) is 1. The number of fused-ring (bicyclic) bond motifs is 1. The second kappa shape index (κ2) is 10.1. The van der Waals surface area contributed by atoms with Gasteiger partial charge in [-0.1, -0.05) is 55.5 Å². The molecule has 0 saturated carbocycles. The van der Waals surface area contributed by atoms with E-state index in [2.05, 4.69) is 10.3 Å². The second-order valence-corrected chi connectivity index (χ2v) is 9.19. The van der Waals surface area contributed by atoms with E-state index in [1.54, 1.807) is 6.07 Å². The topological polar surface area (TPSA) is 75.4 Å². The van der Waals surface area contributed by atoms with Gasteiger partial charge >= 0.3 is 0 Å². The van der Waals surface area contributed by atoms with E-state index < -0.39 is 0 Å². The molecule has 1 fully saturated rings. The number of hydrogen-bond acceptors (Lipinski definition) is 4. The summed E-state index contributed by atoms with van der Waals surface area (Å²) in [5.41, 5.74) is 3.93. The van der Waals surface area contributed by atoms with E-state index in [9.17, 15) is 9.59 Å². The van der Waals surface area contributed by atoms with Crippen LogP contribution in [0.5, 0.6) is 0 Å². The number of carbonyl (C=O) groups is 2. The Morgan fingerprint density at radius 1 is 1.00 bits per heavy atom. The van der Waals surface area contributed by atoms with E-state index in [0.717, 1.165) is 29.5 Å². The summed E-state index contributed by atoms with van der Waals surface area (Å²) in [6, 6.07) is 25.1. The molecule has 1 aliphatic rings. The van der Waals surface area contributed by atoms with Crippen LogP contribution in [-0.4, -0.2) is 34.8 Å².